The molecule has 0 fully saturated rings. The van der Waals surface area contributed by atoms with Crippen LogP contribution in [0, 0.1) is 0 Å². The minimum Gasteiger partial charge on any atom is -0.454 e. The van der Waals surface area contributed by atoms with E-state index in [1.165, 1.54) is 0 Å². The van der Waals surface area contributed by atoms with Crippen LogP contribution < -0.4 is 16.0 Å². The highest BCUT2D eigenvalue weighted by molar-refractivity contribution is 5.85. The number of furan rings is 1. The molecule has 1 aromatic carbocycles. The second kappa shape index (κ2) is 4.10. The van der Waals surface area contributed by atoms with Gasteiger partial charge in [-0.25, -0.2) is 0 Å². The molecule has 20 heavy (non-hydrogen) atoms. The second-order valence-corrected chi connectivity index (χ2v) is 4.91. The van der Waals surface area contributed by atoms with Gasteiger partial charge in [-0.05, 0) is 11.6 Å². The Bertz CT molecular complexity index is 871. The Labute approximate surface area is 114 Å². The number of aliphatic hydroxyl groups is 2. The molecule has 3 N–H and O–H groups in total. The predicted molar refractivity (Wildman–Crippen MR) is 75.7 cm³/mol. The molecule has 4 heteroatoms. The van der Waals surface area contributed by atoms with Gasteiger partial charge in [-0.15, -0.1) is 0 Å². The van der Waals surface area contributed by atoms with Crippen LogP contribution in [-0.4, -0.2) is 22.5 Å². The molecule has 2 heterocycles. The third-order valence-electron chi connectivity index (χ3n) is 3.72. The van der Waals surface area contributed by atoms with Gasteiger partial charge in [0, 0.05) is 10.6 Å². The number of hydrogen-bond acceptors (Lipinski definition) is 4. The minimum atomic E-state index is -1.59. The van der Waals surface area contributed by atoms with Gasteiger partial charge in [0.25, 0.3) is 0 Å². The van der Waals surface area contributed by atoms with Crippen LogP contribution in [0.25, 0.3) is 22.2 Å². The van der Waals surface area contributed by atoms with Crippen LogP contribution >= 0.6 is 0 Å². The van der Waals surface area contributed by atoms with Crippen molar-refractivity contribution in [2.75, 3.05) is 0 Å². The van der Waals surface area contributed by atoms with E-state index in [-0.39, 0.29) is 6.04 Å². The zero-order valence-corrected chi connectivity index (χ0v) is 10.6. The number of fused-ring (bicyclic) bond motifs is 4. The summed E-state index contributed by atoms with van der Waals surface area (Å²) in [6.45, 7) is 0. The first kappa shape index (κ1) is 11.5. The zero-order valence-electron chi connectivity index (χ0n) is 10.6. The summed E-state index contributed by atoms with van der Waals surface area (Å²) in [4.78, 5) is 0. The fraction of sp³-hybridized carbons (Fsp3) is 0.125. The monoisotopic (exact) mass is 267 g/mol. The van der Waals surface area contributed by atoms with E-state index in [1.807, 2.05) is 48.6 Å². The molecule has 2 aromatic rings. The van der Waals surface area contributed by atoms with Crippen molar-refractivity contribution in [3.8, 4) is 0 Å². The quantitative estimate of drug-likeness (QED) is 0.641. The number of hydrogen-bond donors (Lipinski definition) is 3. The number of aliphatic hydroxyl groups excluding tert-OH is 1. The van der Waals surface area contributed by atoms with Gasteiger partial charge in [-0.1, -0.05) is 42.5 Å². The smallest absolute Gasteiger partial charge is 0.197 e. The van der Waals surface area contributed by atoms with E-state index in [9.17, 15) is 10.2 Å². The molecule has 4 rings (SSSR count). The third kappa shape index (κ3) is 1.49. The van der Waals surface area contributed by atoms with Crippen molar-refractivity contribution in [2.24, 2.45) is 0 Å². The number of allylic oxidation sites excluding steroid dienone is 2. The number of para-hydroxylation sites is 1. The van der Waals surface area contributed by atoms with Gasteiger partial charge in [-0.2, -0.15) is 0 Å². The normalized spacial score (nSPS) is 20.2. The van der Waals surface area contributed by atoms with Crippen molar-refractivity contribution in [2.45, 2.75) is 12.3 Å². The first-order valence-corrected chi connectivity index (χ1v) is 6.49. The molecule has 1 aliphatic carbocycles. The molecule has 1 aromatic heterocycles. The Balaban J connectivity index is 2.25. The lowest BCUT2D eigenvalue weighted by Gasteiger charge is -2.25. The number of nitrogens with one attached hydrogen (secondary N) is 1. The summed E-state index contributed by atoms with van der Waals surface area (Å²) in [5, 5.41) is 24.2. The Morgan fingerprint density at radius 3 is 2.85 bits per heavy atom. The molecule has 0 saturated heterocycles. The molecule has 100 valence electrons. The standard InChI is InChI=1S/C16H13NO3/c18-16(19)14-15-13(9-5-1-3-7-11(9)17-14)10-6-2-4-8-12(10)20-15/h1-8,11,16-19H. The van der Waals surface area contributed by atoms with E-state index in [0.717, 1.165) is 21.8 Å². The molecule has 1 aliphatic heterocycles. The SMILES string of the molecule is OC(O)C1=c2oc3ccccc3c2=C2C=CC=CC2N1. The Morgan fingerprint density at radius 1 is 1.15 bits per heavy atom. The average molecular weight is 267 g/mol. The number of benzene rings is 1. The van der Waals surface area contributed by atoms with Crippen molar-refractivity contribution < 1.29 is 14.6 Å². The molecular weight excluding hydrogens is 254 g/mol. The highest BCUT2D eigenvalue weighted by Crippen LogP contribution is 2.19. The van der Waals surface area contributed by atoms with E-state index in [4.69, 9.17) is 4.42 Å². The van der Waals surface area contributed by atoms with Crippen LogP contribution in [-0.2, 0) is 0 Å². The average Bonchev–Trinajstić information content (AvgIpc) is 2.85. The molecule has 0 saturated carbocycles. The summed E-state index contributed by atoms with van der Waals surface area (Å²) in [6.07, 6.45) is 6.34. The van der Waals surface area contributed by atoms with Gasteiger partial charge in [0.05, 0.1) is 6.04 Å². The second-order valence-electron chi connectivity index (χ2n) is 4.91. The van der Waals surface area contributed by atoms with Crippen molar-refractivity contribution in [3.63, 3.8) is 0 Å². The molecule has 4 nitrogen and oxygen atoms in total. The van der Waals surface area contributed by atoms with Gasteiger partial charge >= 0.3 is 0 Å². The van der Waals surface area contributed by atoms with Crippen LogP contribution in [0.1, 0.15) is 0 Å². The lowest BCUT2D eigenvalue weighted by Crippen LogP contribution is -2.47. The maximum absolute atomic E-state index is 9.58. The summed E-state index contributed by atoms with van der Waals surface area (Å²) in [5.74, 6) is 0. The molecule has 1 unspecified atom stereocenters. The van der Waals surface area contributed by atoms with E-state index in [0.29, 0.717) is 11.1 Å². The summed E-state index contributed by atoms with van der Waals surface area (Å²) < 4.78 is 5.82. The van der Waals surface area contributed by atoms with Gasteiger partial charge in [0.15, 0.2) is 11.7 Å². The summed E-state index contributed by atoms with van der Waals surface area (Å²) in [5.41, 5.74) is 2.64. The predicted octanol–water partition coefficient (Wildman–Crippen LogP) is 0.100. The van der Waals surface area contributed by atoms with E-state index < -0.39 is 6.29 Å². The first-order chi connectivity index (χ1) is 9.75. The van der Waals surface area contributed by atoms with Crippen molar-refractivity contribution in [1.29, 1.82) is 0 Å². The summed E-state index contributed by atoms with van der Waals surface area (Å²) in [6, 6.07) is 7.66. The molecule has 1 atom stereocenters. The zero-order chi connectivity index (χ0) is 13.7. The van der Waals surface area contributed by atoms with E-state index in [2.05, 4.69) is 5.32 Å². The Morgan fingerprint density at radius 2 is 2.00 bits per heavy atom. The fourth-order valence-corrected chi connectivity index (χ4v) is 2.85. The van der Waals surface area contributed by atoms with Crippen molar-refractivity contribution in [3.05, 3.63) is 59.2 Å². The van der Waals surface area contributed by atoms with Crippen LogP contribution in [0.4, 0.5) is 0 Å². The largest absolute Gasteiger partial charge is 0.454 e. The maximum Gasteiger partial charge on any atom is 0.197 e. The van der Waals surface area contributed by atoms with Crippen LogP contribution in [0.5, 0.6) is 0 Å². The Kier molecular flexibility index (Phi) is 2.36. The van der Waals surface area contributed by atoms with Gasteiger partial charge in [-0.3, -0.25) is 0 Å². The van der Waals surface area contributed by atoms with Crippen molar-refractivity contribution in [1.82, 2.24) is 5.32 Å². The summed E-state index contributed by atoms with van der Waals surface area (Å²) >= 11 is 0. The molecule has 0 spiro atoms. The fourth-order valence-electron chi connectivity index (χ4n) is 2.85. The third-order valence-corrected chi connectivity index (χ3v) is 3.72. The van der Waals surface area contributed by atoms with Crippen molar-refractivity contribution >= 4 is 22.2 Å². The van der Waals surface area contributed by atoms with Crippen LogP contribution in [0.15, 0.2) is 53.0 Å². The molecule has 0 amide bonds. The number of rotatable bonds is 1. The maximum atomic E-state index is 9.58. The molecule has 2 aliphatic rings. The molecular formula is C16H13NO3. The van der Waals surface area contributed by atoms with E-state index in [1.54, 1.807) is 0 Å². The van der Waals surface area contributed by atoms with Crippen LogP contribution in [0.2, 0.25) is 0 Å². The lowest BCUT2D eigenvalue weighted by molar-refractivity contribution is 0.00495. The molecule has 0 radical (unpaired) electrons. The topological polar surface area (TPSA) is 65.6 Å². The first-order valence-electron chi connectivity index (χ1n) is 6.49. The molecule has 0 bridgehead atoms. The summed E-state index contributed by atoms with van der Waals surface area (Å²) in [7, 11) is 0. The van der Waals surface area contributed by atoms with Gasteiger partial charge in [0.1, 0.15) is 11.3 Å². The lowest BCUT2D eigenvalue weighted by atomic mass is 9.95. The van der Waals surface area contributed by atoms with Gasteiger partial charge < -0.3 is 19.9 Å². The highest BCUT2D eigenvalue weighted by atomic mass is 16.5. The van der Waals surface area contributed by atoms with Gasteiger partial charge in [0.2, 0.25) is 0 Å². The van der Waals surface area contributed by atoms with Crippen LogP contribution in [0.3, 0.4) is 0 Å². The minimum absolute atomic E-state index is 0.0645. The highest BCUT2D eigenvalue weighted by Gasteiger charge is 2.25. The Hall–Kier alpha value is -2.30. The van der Waals surface area contributed by atoms with E-state index >= 15 is 0 Å².